The highest BCUT2D eigenvalue weighted by molar-refractivity contribution is 5.95. The highest BCUT2D eigenvalue weighted by Gasteiger charge is 2.01. The molecular weight excluding hydrogens is 226 g/mol. The summed E-state index contributed by atoms with van der Waals surface area (Å²) in [5.41, 5.74) is 8.01. The largest absolute Gasteiger partial charge is 0.340 e. The Morgan fingerprint density at radius 3 is 2.78 bits per heavy atom. The van der Waals surface area contributed by atoms with Gasteiger partial charge in [0, 0.05) is 24.0 Å². The molecule has 4 nitrogen and oxygen atoms in total. The Bertz CT molecular complexity index is 549. The zero-order chi connectivity index (χ0) is 13.0. The maximum Gasteiger partial charge on any atom is 0.159 e. The molecule has 1 aromatic heterocycles. The predicted molar refractivity (Wildman–Crippen MR) is 71.9 cm³/mol. The van der Waals surface area contributed by atoms with Crippen molar-refractivity contribution in [2.24, 2.45) is 5.73 Å². The molecule has 0 atom stereocenters. The van der Waals surface area contributed by atoms with Crippen LogP contribution in [0.5, 0.6) is 0 Å². The van der Waals surface area contributed by atoms with E-state index in [0.717, 1.165) is 17.1 Å². The van der Waals surface area contributed by atoms with Crippen molar-refractivity contribution in [1.29, 1.82) is 0 Å². The number of Topliss-reactive ketones (excluding diaryl/α,β-unsaturated/α-hetero) is 1. The molecular formula is C14H15N3O. The lowest BCUT2D eigenvalue weighted by Gasteiger charge is -2.07. The van der Waals surface area contributed by atoms with Crippen molar-refractivity contribution in [3.63, 3.8) is 0 Å². The molecule has 1 heterocycles. The molecule has 0 amide bonds. The lowest BCUT2D eigenvalue weighted by atomic mass is 10.1. The first-order valence-corrected chi connectivity index (χ1v) is 5.72. The molecule has 0 unspecified atom stereocenters. The Morgan fingerprint density at radius 1 is 1.33 bits per heavy atom. The van der Waals surface area contributed by atoms with Gasteiger partial charge in [-0.2, -0.15) is 0 Å². The van der Waals surface area contributed by atoms with Crippen molar-refractivity contribution < 1.29 is 4.79 Å². The molecule has 0 spiro atoms. The molecule has 4 heteroatoms. The summed E-state index contributed by atoms with van der Waals surface area (Å²) in [6.07, 6.45) is 1.73. The van der Waals surface area contributed by atoms with Crippen LogP contribution < -0.4 is 11.1 Å². The molecule has 1 aromatic carbocycles. The van der Waals surface area contributed by atoms with Crippen LogP contribution in [0, 0.1) is 0 Å². The molecule has 92 valence electrons. The number of pyridine rings is 1. The third-order valence-electron chi connectivity index (χ3n) is 2.60. The van der Waals surface area contributed by atoms with E-state index in [4.69, 9.17) is 5.73 Å². The third kappa shape index (κ3) is 2.93. The first kappa shape index (κ1) is 12.3. The van der Waals surface area contributed by atoms with Crippen LogP contribution in [0.2, 0.25) is 0 Å². The fourth-order valence-corrected chi connectivity index (χ4v) is 1.58. The normalized spacial score (nSPS) is 10.1. The average Bonchev–Trinajstić information content (AvgIpc) is 2.40. The Morgan fingerprint density at radius 2 is 2.17 bits per heavy atom. The molecule has 2 rings (SSSR count). The second-order valence-corrected chi connectivity index (χ2v) is 4.02. The van der Waals surface area contributed by atoms with Crippen LogP contribution in [0.3, 0.4) is 0 Å². The predicted octanol–water partition coefficient (Wildman–Crippen LogP) is 2.49. The average molecular weight is 241 g/mol. The SMILES string of the molecule is CC(=O)c1cccc(Nc2ccc(CN)cn2)c1. The molecule has 0 saturated carbocycles. The summed E-state index contributed by atoms with van der Waals surface area (Å²) in [5.74, 6) is 0.776. The standard InChI is InChI=1S/C14H15N3O/c1-10(18)12-3-2-4-13(7-12)17-14-6-5-11(8-15)9-16-14/h2-7,9H,8,15H2,1H3,(H,16,17). The number of hydrogen-bond acceptors (Lipinski definition) is 4. The summed E-state index contributed by atoms with van der Waals surface area (Å²) in [7, 11) is 0. The van der Waals surface area contributed by atoms with Crippen molar-refractivity contribution in [3.05, 3.63) is 53.7 Å². The highest BCUT2D eigenvalue weighted by Crippen LogP contribution is 2.16. The number of benzene rings is 1. The third-order valence-corrected chi connectivity index (χ3v) is 2.60. The summed E-state index contributed by atoms with van der Waals surface area (Å²) in [5, 5.41) is 3.15. The van der Waals surface area contributed by atoms with Gasteiger partial charge in [-0.3, -0.25) is 4.79 Å². The van der Waals surface area contributed by atoms with E-state index in [0.29, 0.717) is 12.1 Å². The summed E-state index contributed by atoms with van der Waals surface area (Å²) in [6.45, 7) is 2.03. The second-order valence-electron chi connectivity index (χ2n) is 4.02. The van der Waals surface area contributed by atoms with Gasteiger partial charge in [0.05, 0.1) is 0 Å². The number of nitrogens with one attached hydrogen (secondary N) is 1. The van der Waals surface area contributed by atoms with Crippen LogP contribution in [0.4, 0.5) is 11.5 Å². The van der Waals surface area contributed by atoms with Gasteiger partial charge in [-0.1, -0.05) is 18.2 Å². The number of nitrogens with two attached hydrogens (primary N) is 1. The number of aromatic nitrogens is 1. The maximum atomic E-state index is 11.3. The Kier molecular flexibility index (Phi) is 3.69. The first-order valence-electron chi connectivity index (χ1n) is 5.72. The molecule has 18 heavy (non-hydrogen) atoms. The Balaban J connectivity index is 2.17. The Hall–Kier alpha value is -2.20. The quantitative estimate of drug-likeness (QED) is 0.807. The van der Waals surface area contributed by atoms with Crippen molar-refractivity contribution in [2.75, 3.05) is 5.32 Å². The molecule has 0 saturated heterocycles. The van der Waals surface area contributed by atoms with Gasteiger partial charge >= 0.3 is 0 Å². The smallest absolute Gasteiger partial charge is 0.159 e. The van der Waals surface area contributed by atoms with Gasteiger partial charge in [0.1, 0.15) is 5.82 Å². The van der Waals surface area contributed by atoms with Crippen molar-refractivity contribution >= 4 is 17.3 Å². The minimum atomic E-state index is 0.0464. The molecule has 0 radical (unpaired) electrons. The van der Waals surface area contributed by atoms with E-state index >= 15 is 0 Å². The van der Waals surface area contributed by atoms with Gasteiger partial charge in [0.25, 0.3) is 0 Å². The summed E-state index contributed by atoms with van der Waals surface area (Å²) < 4.78 is 0. The van der Waals surface area contributed by atoms with Crippen LogP contribution in [0.25, 0.3) is 0 Å². The van der Waals surface area contributed by atoms with Gasteiger partial charge in [-0.15, -0.1) is 0 Å². The van der Waals surface area contributed by atoms with E-state index in [2.05, 4.69) is 10.3 Å². The molecule has 3 N–H and O–H groups in total. The fourth-order valence-electron chi connectivity index (χ4n) is 1.58. The van der Waals surface area contributed by atoms with Crippen LogP contribution in [-0.4, -0.2) is 10.8 Å². The minimum absolute atomic E-state index is 0.0464. The van der Waals surface area contributed by atoms with Crippen LogP contribution in [-0.2, 0) is 6.54 Å². The van der Waals surface area contributed by atoms with E-state index in [1.165, 1.54) is 0 Å². The van der Waals surface area contributed by atoms with E-state index in [-0.39, 0.29) is 5.78 Å². The molecule has 0 fully saturated rings. The van der Waals surface area contributed by atoms with Gasteiger partial charge < -0.3 is 11.1 Å². The second kappa shape index (κ2) is 5.42. The van der Waals surface area contributed by atoms with E-state index in [1.54, 1.807) is 25.3 Å². The molecule has 0 aliphatic rings. The monoisotopic (exact) mass is 241 g/mol. The number of hydrogen-bond donors (Lipinski definition) is 2. The molecule has 0 bridgehead atoms. The number of carbonyl (C=O) groups is 1. The lowest BCUT2D eigenvalue weighted by molar-refractivity contribution is 0.101. The summed E-state index contributed by atoms with van der Waals surface area (Å²) in [4.78, 5) is 15.5. The van der Waals surface area contributed by atoms with E-state index in [1.807, 2.05) is 24.3 Å². The summed E-state index contributed by atoms with van der Waals surface area (Å²) in [6, 6.07) is 11.1. The maximum absolute atomic E-state index is 11.3. The van der Waals surface area contributed by atoms with E-state index in [9.17, 15) is 4.79 Å². The van der Waals surface area contributed by atoms with Crippen molar-refractivity contribution in [3.8, 4) is 0 Å². The van der Waals surface area contributed by atoms with Crippen molar-refractivity contribution in [2.45, 2.75) is 13.5 Å². The molecule has 0 aliphatic heterocycles. The number of nitrogens with zero attached hydrogens (tertiary/aromatic N) is 1. The minimum Gasteiger partial charge on any atom is -0.340 e. The van der Waals surface area contributed by atoms with Gasteiger partial charge in [0.2, 0.25) is 0 Å². The van der Waals surface area contributed by atoms with Gasteiger partial charge in [-0.05, 0) is 30.7 Å². The van der Waals surface area contributed by atoms with E-state index < -0.39 is 0 Å². The summed E-state index contributed by atoms with van der Waals surface area (Å²) >= 11 is 0. The molecule has 2 aromatic rings. The topological polar surface area (TPSA) is 68.0 Å². The van der Waals surface area contributed by atoms with Crippen LogP contribution in [0.15, 0.2) is 42.6 Å². The Labute approximate surface area is 106 Å². The van der Waals surface area contributed by atoms with Gasteiger partial charge in [-0.25, -0.2) is 4.98 Å². The number of ketones is 1. The highest BCUT2D eigenvalue weighted by atomic mass is 16.1. The van der Waals surface area contributed by atoms with Gasteiger partial charge in [0.15, 0.2) is 5.78 Å². The van der Waals surface area contributed by atoms with Crippen LogP contribution in [0.1, 0.15) is 22.8 Å². The zero-order valence-corrected chi connectivity index (χ0v) is 10.2. The first-order chi connectivity index (χ1) is 8.69. The lowest BCUT2D eigenvalue weighted by Crippen LogP contribution is -1.99. The van der Waals surface area contributed by atoms with Crippen molar-refractivity contribution in [1.82, 2.24) is 4.98 Å². The number of carbonyl (C=O) groups excluding carboxylic acids is 1. The fraction of sp³-hybridized carbons (Fsp3) is 0.143. The molecule has 0 aliphatic carbocycles. The van der Waals surface area contributed by atoms with Crippen LogP contribution >= 0.6 is 0 Å². The number of anilines is 2. The number of rotatable bonds is 4. The zero-order valence-electron chi connectivity index (χ0n) is 10.2.